The van der Waals surface area contributed by atoms with Gasteiger partial charge >= 0.3 is 0 Å². The Balaban J connectivity index is 2.01. The molecule has 1 saturated carbocycles. The maximum atomic E-state index is 5.38. The van der Waals surface area contributed by atoms with Gasteiger partial charge in [0, 0.05) is 4.83 Å². The van der Waals surface area contributed by atoms with E-state index in [-0.39, 0.29) is 0 Å². The summed E-state index contributed by atoms with van der Waals surface area (Å²) >= 11 is 3.92. The van der Waals surface area contributed by atoms with Crippen LogP contribution in [-0.2, 0) is 6.42 Å². The number of alkyl halides is 1. The predicted molar refractivity (Wildman–Crippen MR) is 87.2 cm³/mol. The van der Waals surface area contributed by atoms with Crippen molar-refractivity contribution in [2.45, 2.75) is 49.8 Å². The summed E-state index contributed by atoms with van der Waals surface area (Å²) in [6.07, 6.45) is 9.38. The van der Waals surface area contributed by atoms with Crippen LogP contribution in [0.4, 0.5) is 0 Å². The fourth-order valence-electron chi connectivity index (χ4n) is 3.07. The summed E-state index contributed by atoms with van der Waals surface area (Å²) in [5, 5.41) is 0. The lowest BCUT2D eigenvalue weighted by Gasteiger charge is -2.21. The smallest absolute Gasteiger partial charge is 0.160 e. The summed E-state index contributed by atoms with van der Waals surface area (Å²) in [7, 11) is 3.37. The molecule has 1 aliphatic rings. The van der Waals surface area contributed by atoms with Crippen molar-refractivity contribution in [3.8, 4) is 11.5 Å². The normalized spacial score (nSPS) is 18.4. The molecule has 0 N–H and O–H groups in total. The highest BCUT2D eigenvalue weighted by Crippen LogP contribution is 2.33. The second-order valence-electron chi connectivity index (χ2n) is 5.66. The molecule has 1 aromatic carbocycles. The molecule has 1 aliphatic carbocycles. The third kappa shape index (κ3) is 4.15. The molecule has 0 radical (unpaired) electrons. The van der Waals surface area contributed by atoms with Gasteiger partial charge < -0.3 is 9.47 Å². The van der Waals surface area contributed by atoms with E-state index in [2.05, 4.69) is 28.1 Å². The molecule has 0 spiro atoms. The summed E-state index contributed by atoms with van der Waals surface area (Å²) in [5.74, 6) is 2.44. The average Bonchev–Trinajstić information content (AvgIpc) is 2.76. The van der Waals surface area contributed by atoms with Crippen molar-refractivity contribution in [1.29, 1.82) is 0 Å². The van der Waals surface area contributed by atoms with Gasteiger partial charge in [0.25, 0.3) is 0 Å². The van der Waals surface area contributed by atoms with E-state index in [4.69, 9.17) is 9.47 Å². The predicted octanol–water partition coefficient (Wildman–Crippen LogP) is 4.98. The monoisotopic (exact) mass is 340 g/mol. The topological polar surface area (TPSA) is 18.5 Å². The lowest BCUT2D eigenvalue weighted by molar-refractivity contribution is 0.354. The third-order valence-corrected chi connectivity index (χ3v) is 5.36. The molecule has 2 rings (SSSR count). The molecule has 0 saturated heterocycles. The molecule has 3 heteroatoms. The number of ether oxygens (including phenoxy) is 2. The molecule has 0 amide bonds. The molecule has 2 nitrogen and oxygen atoms in total. The Hall–Kier alpha value is -0.700. The van der Waals surface area contributed by atoms with Crippen molar-refractivity contribution < 1.29 is 9.47 Å². The van der Waals surface area contributed by atoms with E-state index in [1.54, 1.807) is 14.2 Å². The van der Waals surface area contributed by atoms with Gasteiger partial charge in [0.2, 0.25) is 0 Å². The number of benzene rings is 1. The van der Waals surface area contributed by atoms with E-state index < -0.39 is 0 Å². The molecule has 0 aromatic heterocycles. The molecular formula is C17H25BrO2. The third-order valence-electron chi connectivity index (χ3n) is 4.29. The average molecular weight is 341 g/mol. The van der Waals surface area contributed by atoms with Gasteiger partial charge in [0.05, 0.1) is 14.2 Å². The van der Waals surface area contributed by atoms with Crippen LogP contribution < -0.4 is 9.47 Å². The first-order valence-corrected chi connectivity index (χ1v) is 8.51. The Morgan fingerprint density at radius 1 is 1.05 bits per heavy atom. The number of hydrogen-bond acceptors (Lipinski definition) is 2. The number of halogens is 1. The zero-order valence-corrected chi connectivity index (χ0v) is 14.1. The van der Waals surface area contributed by atoms with E-state index in [1.165, 1.54) is 44.1 Å². The number of rotatable bonds is 5. The van der Waals surface area contributed by atoms with E-state index in [0.717, 1.165) is 23.8 Å². The number of hydrogen-bond donors (Lipinski definition) is 0. The zero-order valence-electron chi connectivity index (χ0n) is 12.5. The van der Waals surface area contributed by atoms with Crippen LogP contribution in [-0.4, -0.2) is 19.0 Å². The fraction of sp³-hybridized carbons (Fsp3) is 0.647. The fourth-order valence-corrected chi connectivity index (χ4v) is 3.97. The van der Waals surface area contributed by atoms with Gasteiger partial charge in [0.15, 0.2) is 11.5 Å². The van der Waals surface area contributed by atoms with Crippen molar-refractivity contribution in [3.63, 3.8) is 0 Å². The summed E-state index contributed by atoms with van der Waals surface area (Å²) < 4.78 is 10.7. The molecule has 0 aliphatic heterocycles. The molecule has 1 fully saturated rings. The van der Waals surface area contributed by atoms with Crippen molar-refractivity contribution in [1.82, 2.24) is 0 Å². The quantitative estimate of drug-likeness (QED) is 0.555. The Kier molecular flexibility index (Phi) is 6.21. The highest BCUT2D eigenvalue weighted by atomic mass is 79.9. The van der Waals surface area contributed by atoms with Crippen LogP contribution in [0.15, 0.2) is 18.2 Å². The van der Waals surface area contributed by atoms with Gasteiger partial charge in [-0.1, -0.05) is 47.7 Å². The van der Waals surface area contributed by atoms with Gasteiger partial charge in [-0.05, 0) is 42.9 Å². The van der Waals surface area contributed by atoms with Crippen molar-refractivity contribution >= 4 is 15.9 Å². The molecule has 0 heterocycles. The maximum absolute atomic E-state index is 5.38. The molecule has 112 valence electrons. The Bertz CT molecular complexity index is 411. The molecule has 1 atom stereocenters. The van der Waals surface area contributed by atoms with Crippen LogP contribution in [0.3, 0.4) is 0 Å². The molecule has 20 heavy (non-hydrogen) atoms. The second kappa shape index (κ2) is 7.92. The minimum Gasteiger partial charge on any atom is -0.493 e. The highest BCUT2D eigenvalue weighted by molar-refractivity contribution is 9.09. The minimum absolute atomic E-state index is 0.568. The Morgan fingerprint density at radius 3 is 2.30 bits per heavy atom. The van der Waals surface area contributed by atoms with Gasteiger partial charge in [0.1, 0.15) is 0 Å². The first kappa shape index (κ1) is 15.7. The summed E-state index contributed by atoms with van der Waals surface area (Å²) in [5.41, 5.74) is 1.31. The van der Waals surface area contributed by atoms with E-state index in [0.29, 0.717) is 4.83 Å². The second-order valence-corrected chi connectivity index (χ2v) is 6.84. The lowest BCUT2D eigenvalue weighted by atomic mass is 9.92. The van der Waals surface area contributed by atoms with Crippen molar-refractivity contribution in [2.75, 3.05) is 14.2 Å². The lowest BCUT2D eigenvalue weighted by Crippen LogP contribution is -2.16. The van der Waals surface area contributed by atoms with Crippen LogP contribution >= 0.6 is 15.9 Å². The van der Waals surface area contributed by atoms with Crippen LogP contribution in [0.25, 0.3) is 0 Å². The van der Waals surface area contributed by atoms with Crippen molar-refractivity contribution in [3.05, 3.63) is 23.8 Å². The first-order chi connectivity index (χ1) is 9.74. The van der Waals surface area contributed by atoms with Crippen molar-refractivity contribution in [2.24, 2.45) is 5.92 Å². The standard InChI is InChI=1S/C17H25BrO2/c1-19-16-10-9-13(12-17(16)20-2)11-15(18)14-7-5-3-4-6-8-14/h9-10,12,14-15H,3-8,11H2,1-2H3. The molecular weight excluding hydrogens is 316 g/mol. The molecule has 1 aromatic rings. The van der Waals surface area contributed by atoms with Crippen LogP contribution in [0.5, 0.6) is 11.5 Å². The van der Waals surface area contributed by atoms with E-state index in [1.807, 2.05) is 6.07 Å². The van der Waals surface area contributed by atoms with E-state index >= 15 is 0 Å². The van der Waals surface area contributed by atoms with E-state index in [9.17, 15) is 0 Å². The largest absolute Gasteiger partial charge is 0.493 e. The van der Waals surface area contributed by atoms with Gasteiger partial charge in [-0.25, -0.2) is 0 Å². The summed E-state index contributed by atoms with van der Waals surface area (Å²) in [6, 6.07) is 6.25. The SMILES string of the molecule is COc1ccc(CC(Br)C2CCCCCC2)cc1OC. The van der Waals surface area contributed by atoms with Gasteiger partial charge in [-0.3, -0.25) is 0 Å². The number of methoxy groups -OCH3 is 2. The Morgan fingerprint density at radius 2 is 1.70 bits per heavy atom. The van der Waals surface area contributed by atoms with Crippen LogP contribution in [0, 0.1) is 5.92 Å². The van der Waals surface area contributed by atoms with Gasteiger partial charge in [-0.2, -0.15) is 0 Å². The molecule has 0 bridgehead atoms. The van der Waals surface area contributed by atoms with Crippen LogP contribution in [0.1, 0.15) is 44.1 Å². The summed E-state index contributed by atoms with van der Waals surface area (Å²) in [6.45, 7) is 0. The maximum Gasteiger partial charge on any atom is 0.160 e. The highest BCUT2D eigenvalue weighted by Gasteiger charge is 2.21. The Labute approximate surface area is 131 Å². The molecule has 1 unspecified atom stereocenters. The minimum atomic E-state index is 0.568. The first-order valence-electron chi connectivity index (χ1n) is 7.59. The summed E-state index contributed by atoms with van der Waals surface area (Å²) in [4.78, 5) is 0.568. The van der Waals surface area contributed by atoms with Crippen LogP contribution in [0.2, 0.25) is 0 Å². The zero-order chi connectivity index (χ0) is 14.4. The van der Waals surface area contributed by atoms with Gasteiger partial charge in [-0.15, -0.1) is 0 Å².